The van der Waals surface area contributed by atoms with Crippen LogP contribution in [0.3, 0.4) is 0 Å². The van der Waals surface area contributed by atoms with Crippen molar-refractivity contribution in [2.24, 2.45) is 0 Å². The van der Waals surface area contributed by atoms with Crippen molar-refractivity contribution in [1.29, 1.82) is 0 Å². The molecule has 1 heterocycles. The Morgan fingerprint density at radius 3 is 2.57 bits per heavy atom. The standard InChI is InChI=1S/C17H22ClNO2/c1-12(2)19-9-15-8-17(21-13(15)3)11-20-10-14-4-6-16(18)7-5-14/h4-8,12,19H,9-11H2,1-3H3. The maximum absolute atomic E-state index is 5.85. The molecule has 0 radical (unpaired) electrons. The minimum atomic E-state index is 0.462. The first kappa shape index (κ1) is 16.1. The van der Waals surface area contributed by atoms with Crippen LogP contribution in [0.5, 0.6) is 0 Å². The van der Waals surface area contributed by atoms with Gasteiger partial charge in [-0.1, -0.05) is 37.6 Å². The Hall–Kier alpha value is -1.29. The van der Waals surface area contributed by atoms with E-state index in [1.807, 2.05) is 31.2 Å². The topological polar surface area (TPSA) is 34.4 Å². The van der Waals surface area contributed by atoms with Crippen molar-refractivity contribution in [3.63, 3.8) is 0 Å². The third-order valence-corrected chi connectivity index (χ3v) is 3.45. The molecule has 0 spiro atoms. The monoisotopic (exact) mass is 307 g/mol. The zero-order valence-corrected chi connectivity index (χ0v) is 13.5. The van der Waals surface area contributed by atoms with Crippen molar-refractivity contribution < 1.29 is 9.15 Å². The van der Waals surface area contributed by atoms with E-state index in [1.165, 1.54) is 5.56 Å². The Kier molecular flexibility index (Phi) is 5.85. The van der Waals surface area contributed by atoms with Crippen LogP contribution in [-0.4, -0.2) is 6.04 Å². The summed E-state index contributed by atoms with van der Waals surface area (Å²) in [6.07, 6.45) is 0. The number of hydrogen-bond donors (Lipinski definition) is 1. The van der Waals surface area contributed by atoms with Crippen LogP contribution < -0.4 is 5.32 Å². The average Bonchev–Trinajstić information content (AvgIpc) is 2.79. The molecule has 1 aromatic heterocycles. The molecule has 0 aliphatic rings. The highest BCUT2D eigenvalue weighted by atomic mass is 35.5. The lowest BCUT2D eigenvalue weighted by molar-refractivity contribution is 0.0923. The van der Waals surface area contributed by atoms with E-state index in [2.05, 4.69) is 25.2 Å². The number of rotatable bonds is 7. The fourth-order valence-electron chi connectivity index (χ4n) is 2.00. The van der Waals surface area contributed by atoms with Gasteiger partial charge in [0.25, 0.3) is 0 Å². The number of nitrogens with one attached hydrogen (secondary N) is 1. The summed E-state index contributed by atoms with van der Waals surface area (Å²) in [6.45, 7) is 8.10. The van der Waals surface area contributed by atoms with Gasteiger partial charge in [-0.2, -0.15) is 0 Å². The molecule has 21 heavy (non-hydrogen) atoms. The van der Waals surface area contributed by atoms with E-state index in [0.717, 1.165) is 28.7 Å². The lowest BCUT2D eigenvalue weighted by atomic mass is 10.2. The van der Waals surface area contributed by atoms with Gasteiger partial charge >= 0.3 is 0 Å². The van der Waals surface area contributed by atoms with Gasteiger partial charge in [0.1, 0.15) is 18.1 Å². The van der Waals surface area contributed by atoms with E-state index >= 15 is 0 Å². The van der Waals surface area contributed by atoms with Crippen LogP contribution in [0.15, 0.2) is 34.7 Å². The van der Waals surface area contributed by atoms with E-state index < -0.39 is 0 Å². The lowest BCUT2D eigenvalue weighted by Crippen LogP contribution is -2.21. The highest BCUT2D eigenvalue weighted by Crippen LogP contribution is 2.17. The Labute approximate surface area is 131 Å². The summed E-state index contributed by atoms with van der Waals surface area (Å²) in [5.41, 5.74) is 2.29. The highest BCUT2D eigenvalue weighted by Gasteiger charge is 2.08. The summed E-state index contributed by atoms with van der Waals surface area (Å²) >= 11 is 5.85. The van der Waals surface area contributed by atoms with Crippen molar-refractivity contribution in [3.8, 4) is 0 Å². The lowest BCUT2D eigenvalue weighted by Gasteiger charge is -2.06. The smallest absolute Gasteiger partial charge is 0.130 e. The molecule has 0 unspecified atom stereocenters. The molecule has 0 atom stereocenters. The quantitative estimate of drug-likeness (QED) is 0.820. The Morgan fingerprint density at radius 1 is 1.19 bits per heavy atom. The largest absolute Gasteiger partial charge is 0.464 e. The first-order chi connectivity index (χ1) is 10.0. The van der Waals surface area contributed by atoms with E-state index in [9.17, 15) is 0 Å². The molecule has 2 aromatic rings. The van der Waals surface area contributed by atoms with Gasteiger partial charge in [-0.15, -0.1) is 0 Å². The van der Waals surface area contributed by atoms with Gasteiger partial charge in [-0.05, 0) is 30.7 Å². The van der Waals surface area contributed by atoms with E-state index in [0.29, 0.717) is 19.3 Å². The second kappa shape index (κ2) is 7.64. The van der Waals surface area contributed by atoms with Crippen LogP contribution in [0.4, 0.5) is 0 Å². The second-order valence-corrected chi connectivity index (χ2v) is 5.89. The molecule has 0 fully saturated rings. The van der Waals surface area contributed by atoms with E-state index in [1.54, 1.807) is 0 Å². The van der Waals surface area contributed by atoms with Gasteiger partial charge in [-0.3, -0.25) is 0 Å². The van der Waals surface area contributed by atoms with Crippen LogP contribution >= 0.6 is 11.6 Å². The van der Waals surface area contributed by atoms with Crippen LogP contribution in [0, 0.1) is 6.92 Å². The summed E-state index contributed by atoms with van der Waals surface area (Å²) in [4.78, 5) is 0. The molecule has 0 bridgehead atoms. The number of halogens is 1. The van der Waals surface area contributed by atoms with Gasteiger partial charge in [-0.25, -0.2) is 0 Å². The summed E-state index contributed by atoms with van der Waals surface area (Å²) in [6, 6.07) is 10.2. The average molecular weight is 308 g/mol. The summed E-state index contributed by atoms with van der Waals surface area (Å²) in [5, 5.41) is 4.13. The molecule has 0 amide bonds. The van der Waals surface area contributed by atoms with Gasteiger partial charge < -0.3 is 14.5 Å². The third kappa shape index (κ3) is 5.20. The van der Waals surface area contributed by atoms with Crippen molar-refractivity contribution in [3.05, 3.63) is 58.0 Å². The fourth-order valence-corrected chi connectivity index (χ4v) is 2.12. The van der Waals surface area contributed by atoms with Crippen molar-refractivity contribution in [1.82, 2.24) is 5.32 Å². The Morgan fingerprint density at radius 2 is 1.90 bits per heavy atom. The summed E-state index contributed by atoms with van der Waals surface area (Å²) < 4.78 is 11.4. The minimum Gasteiger partial charge on any atom is -0.464 e. The van der Waals surface area contributed by atoms with Crippen LogP contribution in [0.1, 0.15) is 36.5 Å². The van der Waals surface area contributed by atoms with Gasteiger partial charge in [0.2, 0.25) is 0 Å². The molecule has 0 aliphatic heterocycles. The molecule has 2 rings (SSSR count). The minimum absolute atomic E-state index is 0.462. The number of aryl methyl sites for hydroxylation is 1. The van der Waals surface area contributed by atoms with E-state index in [-0.39, 0.29) is 0 Å². The van der Waals surface area contributed by atoms with Crippen molar-refractivity contribution in [2.75, 3.05) is 0 Å². The Balaban J connectivity index is 1.83. The summed E-state index contributed by atoms with van der Waals surface area (Å²) in [5.74, 6) is 1.82. The number of ether oxygens (including phenoxy) is 1. The zero-order chi connectivity index (χ0) is 15.2. The number of furan rings is 1. The predicted molar refractivity (Wildman–Crippen MR) is 85.4 cm³/mol. The molecular weight excluding hydrogens is 286 g/mol. The predicted octanol–water partition coefficient (Wildman–Crippen LogP) is 4.46. The third-order valence-electron chi connectivity index (χ3n) is 3.20. The second-order valence-electron chi connectivity index (χ2n) is 5.45. The van der Waals surface area contributed by atoms with Crippen LogP contribution in [0.2, 0.25) is 5.02 Å². The van der Waals surface area contributed by atoms with Crippen molar-refractivity contribution >= 4 is 11.6 Å². The SMILES string of the molecule is Cc1oc(COCc2ccc(Cl)cc2)cc1CNC(C)C. The zero-order valence-electron chi connectivity index (χ0n) is 12.8. The first-order valence-electron chi connectivity index (χ1n) is 7.18. The van der Waals surface area contributed by atoms with E-state index in [4.69, 9.17) is 20.8 Å². The normalized spacial score (nSPS) is 11.3. The molecule has 0 saturated heterocycles. The molecule has 114 valence electrons. The maximum atomic E-state index is 5.85. The molecule has 4 heteroatoms. The molecule has 0 saturated carbocycles. The molecular formula is C17H22ClNO2. The van der Waals surface area contributed by atoms with Crippen molar-refractivity contribution in [2.45, 2.75) is 46.6 Å². The molecule has 0 aliphatic carbocycles. The van der Waals surface area contributed by atoms with Gasteiger partial charge in [0.15, 0.2) is 0 Å². The fraction of sp³-hybridized carbons (Fsp3) is 0.412. The van der Waals surface area contributed by atoms with Gasteiger partial charge in [0.05, 0.1) is 6.61 Å². The van der Waals surface area contributed by atoms with Gasteiger partial charge in [0, 0.05) is 23.2 Å². The number of benzene rings is 1. The van der Waals surface area contributed by atoms with Crippen LogP contribution in [-0.2, 0) is 24.5 Å². The maximum Gasteiger partial charge on any atom is 0.130 e. The summed E-state index contributed by atoms with van der Waals surface area (Å²) in [7, 11) is 0. The highest BCUT2D eigenvalue weighted by molar-refractivity contribution is 6.30. The molecule has 1 N–H and O–H groups in total. The first-order valence-corrected chi connectivity index (χ1v) is 7.56. The molecule has 1 aromatic carbocycles. The Bertz CT molecular complexity index is 561. The van der Waals surface area contributed by atoms with Crippen LogP contribution in [0.25, 0.3) is 0 Å². The number of hydrogen-bond acceptors (Lipinski definition) is 3. The molecule has 3 nitrogen and oxygen atoms in total.